The Kier molecular flexibility index (Phi) is 2.12. The van der Waals surface area contributed by atoms with Crippen molar-refractivity contribution in [3.63, 3.8) is 0 Å². The summed E-state index contributed by atoms with van der Waals surface area (Å²) in [6.07, 6.45) is 1.29. The fourth-order valence-electron chi connectivity index (χ4n) is 1.59. The quantitative estimate of drug-likeness (QED) is 0.646. The highest BCUT2D eigenvalue weighted by molar-refractivity contribution is 9.09. The van der Waals surface area contributed by atoms with E-state index in [2.05, 4.69) is 29.8 Å². The van der Waals surface area contributed by atoms with Crippen molar-refractivity contribution in [1.82, 2.24) is 0 Å². The number of hydrogen-bond donors (Lipinski definition) is 0. The van der Waals surface area contributed by atoms with E-state index < -0.39 is 0 Å². The van der Waals surface area contributed by atoms with E-state index in [0.29, 0.717) is 10.8 Å². The van der Waals surface area contributed by atoms with Crippen molar-refractivity contribution in [2.45, 2.75) is 20.3 Å². The summed E-state index contributed by atoms with van der Waals surface area (Å²) in [6, 6.07) is 0. The van der Waals surface area contributed by atoms with Crippen molar-refractivity contribution in [2.24, 2.45) is 10.8 Å². The molecule has 1 rings (SSSR count). The fourth-order valence-corrected chi connectivity index (χ4v) is 2.71. The van der Waals surface area contributed by atoms with Crippen LogP contribution >= 0.6 is 15.9 Å². The molecule has 1 fully saturated rings. The van der Waals surface area contributed by atoms with Crippen LogP contribution in [-0.2, 0) is 4.74 Å². The average molecular weight is 207 g/mol. The molecule has 1 nitrogen and oxygen atoms in total. The molecule has 2 heteroatoms. The predicted molar refractivity (Wildman–Crippen MR) is 46.5 cm³/mol. The Morgan fingerprint density at radius 2 is 2.00 bits per heavy atom. The van der Waals surface area contributed by atoms with Crippen molar-refractivity contribution < 1.29 is 4.74 Å². The summed E-state index contributed by atoms with van der Waals surface area (Å²) in [4.78, 5) is 0. The molecule has 0 aromatic rings. The maximum Gasteiger partial charge on any atom is 0.0532 e. The van der Waals surface area contributed by atoms with Gasteiger partial charge >= 0.3 is 0 Å². The zero-order valence-electron chi connectivity index (χ0n) is 6.91. The zero-order chi connectivity index (χ0) is 7.83. The maximum absolute atomic E-state index is 5.17. The molecule has 1 aliphatic rings. The Morgan fingerprint density at radius 1 is 1.50 bits per heavy atom. The average Bonchev–Trinajstić information content (AvgIpc) is 2.37. The second kappa shape index (κ2) is 2.49. The lowest BCUT2D eigenvalue weighted by Gasteiger charge is -2.15. The number of methoxy groups -OCH3 is 1. The molecule has 0 amide bonds. The van der Waals surface area contributed by atoms with E-state index in [1.165, 1.54) is 6.42 Å². The van der Waals surface area contributed by atoms with Crippen LogP contribution in [0.5, 0.6) is 0 Å². The van der Waals surface area contributed by atoms with Crippen LogP contribution < -0.4 is 0 Å². The highest BCUT2D eigenvalue weighted by atomic mass is 79.9. The van der Waals surface area contributed by atoms with Gasteiger partial charge in [-0.05, 0) is 11.8 Å². The molecular formula is C8H15BrO. The van der Waals surface area contributed by atoms with Crippen LogP contribution in [0, 0.1) is 10.8 Å². The van der Waals surface area contributed by atoms with Gasteiger partial charge in [-0.25, -0.2) is 0 Å². The third-order valence-corrected chi connectivity index (χ3v) is 3.84. The first-order chi connectivity index (χ1) is 4.58. The van der Waals surface area contributed by atoms with Crippen molar-refractivity contribution in [3.8, 4) is 0 Å². The maximum atomic E-state index is 5.17. The molecule has 0 aromatic carbocycles. The summed E-state index contributed by atoms with van der Waals surface area (Å²) in [7, 11) is 1.78. The zero-order valence-corrected chi connectivity index (χ0v) is 8.49. The number of hydrogen-bond acceptors (Lipinski definition) is 1. The molecule has 60 valence electrons. The van der Waals surface area contributed by atoms with E-state index in [-0.39, 0.29) is 0 Å². The molecular weight excluding hydrogens is 192 g/mol. The SMILES string of the molecule is COCC1(CBr)CC1(C)C. The van der Waals surface area contributed by atoms with Crippen molar-refractivity contribution in [3.05, 3.63) is 0 Å². The van der Waals surface area contributed by atoms with Gasteiger partial charge in [-0.2, -0.15) is 0 Å². The molecule has 1 saturated carbocycles. The van der Waals surface area contributed by atoms with Crippen LogP contribution in [0.25, 0.3) is 0 Å². The lowest BCUT2D eigenvalue weighted by molar-refractivity contribution is 0.134. The standard InChI is InChI=1S/C8H15BrO/c1-7(2)4-8(7,5-9)6-10-3/h4-6H2,1-3H3. The van der Waals surface area contributed by atoms with Crippen LogP contribution in [0.2, 0.25) is 0 Å². The number of ether oxygens (including phenoxy) is 1. The normalized spacial score (nSPS) is 36.0. The first-order valence-electron chi connectivity index (χ1n) is 3.63. The topological polar surface area (TPSA) is 9.23 Å². The Bertz CT molecular complexity index is 133. The largest absolute Gasteiger partial charge is 0.384 e. The second-order valence-corrected chi connectivity index (χ2v) is 4.47. The van der Waals surface area contributed by atoms with Gasteiger partial charge in [0.2, 0.25) is 0 Å². The molecule has 0 N–H and O–H groups in total. The van der Waals surface area contributed by atoms with Crippen molar-refractivity contribution in [2.75, 3.05) is 19.0 Å². The molecule has 0 radical (unpaired) electrons. The van der Waals surface area contributed by atoms with Gasteiger partial charge in [0, 0.05) is 17.9 Å². The van der Waals surface area contributed by atoms with E-state index in [0.717, 1.165) is 11.9 Å². The highest BCUT2D eigenvalue weighted by Crippen LogP contribution is 2.64. The molecule has 0 bridgehead atoms. The minimum Gasteiger partial charge on any atom is -0.384 e. The molecule has 1 atom stereocenters. The van der Waals surface area contributed by atoms with E-state index >= 15 is 0 Å². The van der Waals surface area contributed by atoms with Crippen molar-refractivity contribution in [1.29, 1.82) is 0 Å². The van der Waals surface area contributed by atoms with Gasteiger partial charge in [-0.15, -0.1) is 0 Å². The first kappa shape index (κ1) is 8.54. The number of rotatable bonds is 3. The third kappa shape index (κ3) is 1.12. The smallest absolute Gasteiger partial charge is 0.0532 e. The van der Waals surface area contributed by atoms with E-state index in [1.807, 2.05) is 0 Å². The predicted octanol–water partition coefficient (Wildman–Crippen LogP) is 2.44. The molecule has 0 spiro atoms. The lowest BCUT2D eigenvalue weighted by atomic mass is 9.99. The molecule has 1 unspecified atom stereocenters. The van der Waals surface area contributed by atoms with Gasteiger partial charge in [0.05, 0.1) is 6.61 Å². The summed E-state index contributed by atoms with van der Waals surface area (Å²) in [5.74, 6) is 0. The van der Waals surface area contributed by atoms with Gasteiger partial charge in [-0.1, -0.05) is 29.8 Å². The molecule has 0 aromatic heterocycles. The summed E-state index contributed by atoms with van der Waals surface area (Å²) < 4.78 is 5.17. The number of alkyl halides is 1. The Labute approximate surface area is 71.3 Å². The molecule has 10 heavy (non-hydrogen) atoms. The van der Waals surface area contributed by atoms with E-state index in [9.17, 15) is 0 Å². The lowest BCUT2D eigenvalue weighted by Crippen LogP contribution is -2.17. The summed E-state index contributed by atoms with van der Waals surface area (Å²) >= 11 is 3.53. The fraction of sp³-hybridized carbons (Fsp3) is 1.00. The Balaban J connectivity index is 2.50. The van der Waals surface area contributed by atoms with Crippen molar-refractivity contribution >= 4 is 15.9 Å². The van der Waals surface area contributed by atoms with Crippen LogP contribution in [0.15, 0.2) is 0 Å². The van der Waals surface area contributed by atoms with Crippen LogP contribution in [-0.4, -0.2) is 19.0 Å². The number of halogens is 1. The first-order valence-corrected chi connectivity index (χ1v) is 4.75. The highest BCUT2D eigenvalue weighted by Gasteiger charge is 2.60. The minimum absolute atomic E-state index is 0.432. The van der Waals surface area contributed by atoms with Gasteiger partial charge in [0.25, 0.3) is 0 Å². The van der Waals surface area contributed by atoms with Crippen LogP contribution in [0.1, 0.15) is 20.3 Å². The van der Waals surface area contributed by atoms with E-state index in [1.54, 1.807) is 7.11 Å². The van der Waals surface area contributed by atoms with Crippen LogP contribution in [0.3, 0.4) is 0 Å². The summed E-state index contributed by atoms with van der Waals surface area (Å²) in [6.45, 7) is 5.49. The molecule has 0 saturated heterocycles. The Morgan fingerprint density at radius 3 is 2.10 bits per heavy atom. The van der Waals surface area contributed by atoms with Gasteiger partial charge in [0.15, 0.2) is 0 Å². The second-order valence-electron chi connectivity index (χ2n) is 3.91. The molecule has 1 aliphatic carbocycles. The third-order valence-electron chi connectivity index (χ3n) is 2.77. The molecule has 0 heterocycles. The molecule has 0 aliphatic heterocycles. The monoisotopic (exact) mass is 206 g/mol. The van der Waals surface area contributed by atoms with Gasteiger partial charge in [0.1, 0.15) is 0 Å². The van der Waals surface area contributed by atoms with Gasteiger partial charge in [-0.3, -0.25) is 0 Å². The minimum atomic E-state index is 0.432. The Hall–Kier alpha value is 0.440. The van der Waals surface area contributed by atoms with Gasteiger partial charge < -0.3 is 4.74 Å². The van der Waals surface area contributed by atoms with Crippen LogP contribution in [0.4, 0.5) is 0 Å². The van der Waals surface area contributed by atoms with E-state index in [4.69, 9.17) is 4.74 Å². The summed E-state index contributed by atoms with van der Waals surface area (Å²) in [5, 5.41) is 1.07. The summed E-state index contributed by atoms with van der Waals surface area (Å²) in [5.41, 5.74) is 0.925.